The Bertz CT molecular complexity index is 2250. The summed E-state index contributed by atoms with van der Waals surface area (Å²) in [5.74, 6) is 0. The monoisotopic (exact) mass is 578 g/mol. The molecule has 0 aliphatic heterocycles. The highest BCUT2D eigenvalue weighted by Crippen LogP contribution is 2.46. The molecule has 0 saturated carbocycles. The van der Waals surface area contributed by atoms with Crippen molar-refractivity contribution in [3.63, 3.8) is 0 Å². The van der Waals surface area contributed by atoms with E-state index in [-0.39, 0.29) is 0 Å². The van der Waals surface area contributed by atoms with Crippen molar-refractivity contribution in [2.45, 2.75) is 0 Å². The first kappa shape index (κ1) is 26.5. The molecule has 0 aliphatic rings. The third kappa shape index (κ3) is 4.31. The van der Waals surface area contributed by atoms with Crippen LogP contribution in [0.15, 0.2) is 176 Å². The number of benzene rings is 8. The van der Waals surface area contributed by atoms with E-state index < -0.39 is 6.89 Å². The van der Waals surface area contributed by atoms with Gasteiger partial charge in [-0.05, 0) is 89.5 Å². The minimum absolute atomic E-state index is 1.22. The third-order valence-electron chi connectivity index (χ3n) is 8.94. The first-order chi connectivity index (χ1) is 21.7. The first-order valence-electron chi connectivity index (χ1n) is 15.1. The van der Waals surface area contributed by atoms with Crippen molar-refractivity contribution < 1.29 is 0 Å². The zero-order valence-corrected chi connectivity index (χ0v) is 25.3. The first-order valence-corrected chi connectivity index (χ1v) is 17.1. The molecule has 208 valence electrons. The molecule has 0 N–H and O–H groups in total. The second-order valence-corrected chi connectivity index (χ2v) is 14.6. The lowest BCUT2D eigenvalue weighted by molar-refractivity contribution is 1.67. The van der Waals surface area contributed by atoms with Gasteiger partial charge in [0, 0.05) is 0 Å². The van der Waals surface area contributed by atoms with Gasteiger partial charge in [-0.3, -0.25) is 0 Å². The van der Waals surface area contributed by atoms with Crippen LogP contribution in [0.25, 0.3) is 54.6 Å². The van der Waals surface area contributed by atoms with E-state index in [4.69, 9.17) is 6.30 Å². The molecule has 0 aliphatic carbocycles. The Morgan fingerprint density at radius 1 is 0.318 bits per heavy atom. The van der Waals surface area contributed by atoms with Crippen molar-refractivity contribution in [2.75, 3.05) is 0 Å². The Morgan fingerprint density at radius 2 is 0.750 bits per heavy atom. The maximum Gasteiger partial charge on any atom is -0.00261 e. The van der Waals surface area contributed by atoms with Crippen molar-refractivity contribution in [3.05, 3.63) is 176 Å². The highest BCUT2D eigenvalue weighted by Gasteiger charge is 2.23. The Kier molecular flexibility index (Phi) is 6.52. The zero-order chi connectivity index (χ0) is 29.5. The summed E-state index contributed by atoms with van der Waals surface area (Å²) >= 11 is 0. The van der Waals surface area contributed by atoms with E-state index in [2.05, 4.69) is 176 Å². The van der Waals surface area contributed by atoms with Crippen LogP contribution in [-0.4, -0.2) is 6.30 Å². The molecule has 0 saturated heterocycles. The number of fused-ring (bicyclic) bond motifs is 3. The molecule has 1 heteroatoms. The lowest BCUT2D eigenvalue weighted by Crippen LogP contribution is -2.25. The van der Waals surface area contributed by atoms with E-state index in [1.165, 1.54) is 70.5 Å². The summed E-state index contributed by atoms with van der Waals surface area (Å²) in [6.07, 6.45) is 5.03. The molecule has 0 fully saturated rings. The van der Waals surface area contributed by atoms with Crippen LogP contribution in [0.1, 0.15) is 0 Å². The molecular formula is C43H31P. The molecule has 44 heavy (non-hydrogen) atoms. The third-order valence-corrected chi connectivity index (χ3v) is 12.5. The lowest BCUT2D eigenvalue weighted by Gasteiger charge is -2.27. The molecule has 0 heterocycles. The van der Waals surface area contributed by atoms with Gasteiger partial charge in [-0.1, -0.05) is 170 Å². The van der Waals surface area contributed by atoms with E-state index in [1.807, 2.05) is 0 Å². The van der Waals surface area contributed by atoms with Crippen LogP contribution in [-0.2, 0) is 0 Å². The van der Waals surface area contributed by atoms with Crippen LogP contribution in [0.2, 0.25) is 0 Å². The Morgan fingerprint density at radius 3 is 1.30 bits per heavy atom. The minimum atomic E-state index is -2.13. The van der Waals surface area contributed by atoms with Crippen molar-refractivity contribution >= 4 is 61.4 Å². The number of hydrogen-bond donors (Lipinski definition) is 0. The number of rotatable bonds is 5. The van der Waals surface area contributed by atoms with Gasteiger partial charge in [-0.25, -0.2) is 0 Å². The summed E-state index contributed by atoms with van der Waals surface area (Å²) in [6, 6.07) is 64.1. The molecular weight excluding hydrogens is 547 g/mol. The van der Waals surface area contributed by atoms with Gasteiger partial charge in [0.2, 0.25) is 0 Å². The summed E-state index contributed by atoms with van der Waals surface area (Å²) < 4.78 is 0. The predicted molar refractivity (Wildman–Crippen MR) is 196 cm³/mol. The largest absolute Gasteiger partial charge is 0.0887 e. The minimum Gasteiger partial charge on any atom is -0.0887 e. The molecule has 0 bridgehead atoms. The van der Waals surface area contributed by atoms with E-state index >= 15 is 0 Å². The maximum absolute atomic E-state index is 5.03. The summed E-state index contributed by atoms with van der Waals surface area (Å²) in [6.45, 7) is -2.13. The second-order valence-electron chi connectivity index (χ2n) is 11.4. The smallest absolute Gasteiger partial charge is 0.00261 e. The Hall–Kier alpha value is -5.16. The highest BCUT2D eigenvalue weighted by molar-refractivity contribution is 7.93. The molecule has 0 spiro atoms. The molecule has 8 aromatic carbocycles. The fourth-order valence-corrected chi connectivity index (χ4v) is 9.76. The van der Waals surface area contributed by atoms with E-state index in [9.17, 15) is 0 Å². The van der Waals surface area contributed by atoms with Gasteiger partial charge in [-0.2, -0.15) is 0 Å². The SMILES string of the molecule is C=P(c1ccccc1)(c1ccccc1)c1cccc(-c2c3ccccc3c(-c3ccc4ccccc4c3)c3ccccc23)c1. The molecule has 0 nitrogen and oxygen atoms in total. The predicted octanol–water partition coefficient (Wildman–Crippen LogP) is 10.2. The van der Waals surface area contributed by atoms with E-state index in [0.717, 1.165) is 0 Å². The summed E-state index contributed by atoms with van der Waals surface area (Å²) in [5, 5.41) is 11.4. The van der Waals surface area contributed by atoms with Crippen LogP contribution in [0.5, 0.6) is 0 Å². The fraction of sp³-hybridized carbons (Fsp3) is 0. The van der Waals surface area contributed by atoms with Gasteiger partial charge in [-0.15, -0.1) is 0 Å². The molecule has 8 aromatic rings. The molecule has 0 aromatic heterocycles. The van der Waals surface area contributed by atoms with Gasteiger partial charge in [0.15, 0.2) is 0 Å². The van der Waals surface area contributed by atoms with Gasteiger partial charge in [0.25, 0.3) is 0 Å². The van der Waals surface area contributed by atoms with Crippen LogP contribution in [0, 0.1) is 0 Å². The van der Waals surface area contributed by atoms with Gasteiger partial charge in [0.1, 0.15) is 0 Å². The van der Waals surface area contributed by atoms with Crippen molar-refractivity contribution in [1.82, 2.24) is 0 Å². The van der Waals surface area contributed by atoms with E-state index in [0.29, 0.717) is 0 Å². The van der Waals surface area contributed by atoms with Gasteiger partial charge in [0.05, 0.1) is 0 Å². The van der Waals surface area contributed by atoms with E-state index in [1.54, 1.807) is 0 Å². The van der Waals surface area contributed by atoms with Crippen molar-refractivity contribution in [1.29, 1.82) is 0 Å². The summed E-state index contributed by atoms with van der Waals surface area (Å²) in [4.78, 5) is 0. The molecule has 8 rings (SSSR count). The van der Waals surface area contributed by atoms with Crippen molar-refractivity contribution in [2.24, 2.45) is 0 Å². The fourth-order valence-electron chi connectivity index (χ4n) is 6.81. The molecule has 0 unspecified atom stereocenters. The maximum atomic E-state index is 5.03. The van der Waals surface area contributed by atoms with Crippen molar-refractivity contribution in [3.8, 4) is 22.3 Å². The van der Waals surface area contributed by atoms with Crippen LogP contribution >= 0.6 is 6.89 Å². The quantitative estimate of drug-likeness (QED) is 0.141. The Labute approximate surface area is 258 Å². The highest BCUT2D eigenvalue weighted by atomic mass is 31.2. The molecule has 0 amide bonds. The van der Waals surface area contributed by atoms with Crippen LogP contribution in [0.4, 0.5) is 0 Å². The normalized spacial score (nSPS) is 11.7. The van der Waals surface area contributed by atoms with Gasteiger partial charge < -0.3 is 0 Å². The molecule has 0 radical (unpaired) electrons. The van der Waals surface area contributed by atoms with Crippen LogP contribution < -0.4 is 15.9 Å². The second kappa shape index (κ2) is 10.8. The van der Waals surface area contributed by atoms with Crippen LogP contribution in [0.3, 0.4) is 0 Å². The Balaban J connectivity index is 1.41. The standard InChI is InChI=1S/C43H31P/c1-44(35-18-4-2-5-19-35,36-20-6-3-7-21-36)37-22-14-17-33(30-37)42-38-23-10-12-25-40(38)43(41-26-13-11-24-39(41)42)34-28-27-31-15-8-9-16-32(31)29-34/h2-30H,1H2. The summed E-state index contributed by atoms with van der Waals surface area (Å²) in [5.41, 5.74) is 5.02. The average molecular weight is 579 g/mol. The topological polar surface area (TPSA) is 0 Å². The van der Waals surface area contributed by atoms with Gasteiger partial charge >= 0.3 is 0 Å². The zero-order valence-electron chi connectivity index (χ0n) is 24.4. The molecule has 0 atom stereocenters. The average Bonchev–Trinajstić information content (AvgIpc) is 3.10. The lowest BCUT2D eigenvalue weighted by atomic mass is 9.85. The number of hydrogen-bond acceptors (Lipinski definition) is 0. The summed E-state index contributed by atoms with van der Waals surface area (Å²) in [7, 11) is 0.